The number of epoxide rings is 1. The van der Waals surface area contributed by atoms with E-state index in [9.17, 15) is 29.1 Å². The van der Waals surface area contributed by atoms with Crippen LogP contribution in [-0.4, -0.2) is 89.2 Å². The van der Waals surface area contributed by atoms with Crippen molar-refractivity contribution in [2.45, 2.75) is 102 Å². The highest BCUT2D eigenvalue weighted by atomic mass is 35.5. The van der Waals surface area contributed by atoms with Gasteiger partial charge in [0.05, 0.1) is 28.9 Å². The smallest absolute Gasteiger partial charge is 0.344 e. The normalized spacial score (nSPS) is 40.2. The summed E-state index contributed by atoms with van der Waals surface area (Å²) in [5.74, 6) is -5.86. The van der Waals surface area contributed by atoms with Crippen LogP contribution >= 0.6 is 11.6 Å². The van der Waals surface area contributed by atoms with E-state index in [2.05, 4.69) is 6.58 Å². The highest BCUT2D eigenvalue weighted by Crippen LogP contribution is 2.62. The van der Waals surface area contributed by atoms with E-state index >= 15 is 0 Å². The first-order valence-corrected chi connectivity index (χ1v) is 15.2. The first-order valence-electron chi connectivity index (χ1n) is 14.7. The second-order valence-corrected chi connectivity index (χ2v) is 13.3. The average Bonchev–Trinajstić information content (AvgIpc) is 3.66. The highest BCUT2D eigenvalue weighted by Gasteiger charge is 2.75. The molecule has 244 valence electrons. The Morgan fingerprint density at radius 1 is 1.14 bits per heavy atom. The summed E-state index contributed by atoms with van der Waals surface area (Å²) in [6.45, 7) is 12.7. The van der Waals surface area contributed by atoms with E-state index in [1.807, 2.05) is 13.8 Å². The number of ether oxygens (including phenoxy) is 6. The molecule has 2 aliphatic heterocycles. The van der Waals surface area contributed by atoms with E-state index in [0.717, 1.165) is 6.92 Å². The molecule has 1 N–H and O–H groups in total. The van der Waals surface area contributed by atoms with Crippen LogP contribution in [0.4, 0.5) is 0 Å². The van der Waals surface area contributed by atoms with Gasteiger partial charge in [-0.1, -0.05) is 33.4 Å². The van der Waals surface area contributed by atoms with E-state index in [1.54, 1.807) is 6.92 Å². The average molecular weight is 641 g/mol. The summed E-state index contributed by atoms with van der Waals surface area (Å²) in [5, 5.41) is 11.4. The van der Waals surface area contributed by atoms with Crippen LogP contribution in [0.25, 0.3) is 0 Å². The van der Waals surface area contributed by atoms with Crippen molar-refractivity contribution in [2.75, 3.05) is 13.2 Å². The maximum absolute atomic E-state index is 13.2. The Balaban J connectivity index is 1.90. The molecule has 0 aromatic carbocycles. The Labute approximate surface area is 261 Å². The van der Waals surface area contributed by atoms with Crippen LogP contribution < -0.4 is 0 Å². The van der Waals surface area contributed by atoms with Crippen molar-refractivity contribution in [2.24, 2.45) is 23.2 Å². The minimum Gasteiger partial charge on any atom is -0.462 e. The predicted octanol–water partition coefficient (Wildman–Crippen LogP) is 2.56. The van der Waals surface area contributed by atoms with Gasteiger partial charge in [0.25, 0.3) is 0 Å². The zero-order valence-corrected chi connectivity index (χ0v) is 26.6. The second kappa shape index (κ2) is 12.4. The third kappa shape index (κ3) is 6.12. The molecule has 1 saturated carbocycles. The summed E-state index contributed by atoms with van der Waals surface area (Å²) < 4.78 is 34.5. The van der Waals surface area contributed by atoms with Crippen LogP contribution in [0.5, 0.6) is 0 Å². The van der Waals surface area contributed by atoms with Crippen molar-refractivity contribution in [1.29, 1.82) is 0 Å². The molecule has 44 heavy (non-hydrogen) atoms. The maximum Gasteiger partial charge on any atom is 0.344 e. The number of halogens is 1. The zero-order valence-electron chi connectivity index (χ0n) is 25.8. The zero-order chi connectivity index (χ0) is 32.8. The van der Waals surface area contributed by atoms with Gasteiger partial charge < -0.3 is 33.5 Å². The number of carbonyl (C=O) groups is 5. The molecular formula is C31H41ClO12. The number of hydrogen-bond acceptors (Lipinski definition) is 12. The number of allylic oxidation sites excluding steroid dienone is 1. The summed E-state index contributed by atoms with van der Waals surface area (Å²) in [6, 6.07) is 0. The first kappa shape index (κ1) is 33.9. The van der Waals surface area contributed by atoms with Crippen molar-refractivity contribution in [3.8, 4) is 0 Å². The molecule has 0 aromatic rings. The number of hydrogen-bond donors (Lipinski definition) is 1. The quantitative estimate of drug-likeness (QED) is 0.187. The maximum atomic E-state index is 13.2. The lowest BCUT2D eigenvalue weighted by molar-refractivity contribution is -0.239. The van der Waals surface area contributed by atoms with Gasteiger partial charge in [-0.25, -0.2) is 4.79 Å². The summed E-state index contributed by atoms with van der Waals surface area (Å²) in [6.07, 6.45) is -1.38. The lowest BCUT2D eigenvalue weighted by atomic mass is 9.53. The van der Waals surface area contributed by atoms with E-state index in [0.29, 0.717) is 6.42 Å². The summed E-state index contributed by atoms with van der Waals surface area (Å²) in [5.41, 5.74) is -4.47. The van der Waals surface area contributed by atoms with Gasteiger partial charge in [0.1, 0.15) is 18.3 Å². The van der Waals surface area contributed by atoms with Crippen LogP contribution in [0, 0.1) is 23.2 Å². The Hall–Kier alpha value is -2.96. The van der Waals surface area contributed by atoms with E-state index < -0.39 is 94.7 Å². The molecule has 2 aliphatic carbocycles. The number of rotatable bonds is 7. The van der Waals surface area contributed by atoms with Crippen molar-refractivity contribution < 1.29 is 57.5 Å². The van der Waals surface area contributed by atoms with Crippen LogP contribution in [-0.2, 0) is 52.4 Å². The minimum absolute atomic E-state index is 0.0112. The fraction of sp³-hybridized carbons (Fsp3) is 0.710. The largest absolute Gasteiger partial charge is 0.462 e. The van der Waals surface area contributed by atoms with Gasteiger partial charge in [-0.05, 0) is 37.3 Å². The lowest BCUT2D eigenvalue weighted by Gasteiger charge is -2.56. The monoisotopic (exact) mass is 640 g/mol. The molecule has 2 heterocycles. The third-order valence-electron chi connectivity index (χ3n) is 9.28. The Bertz CT molecular complexity index is 1240. The van der Waals surface area contributed by atoms with E-state index in [4.69, 9.17) is 40.0 Å². The fourth-order valence-corrected chi connectivity index (χ4v) is 7.35. The topological polar surface area (TPSA) is 164 Å². The Morgan fingerprint density at radius 3 is 2.34 bits per heavy atom. The number of carbonyl (C=O) groups excluding carboxylic acids is 5. The number of esters is 5. The summed E-state index contributed by atoms with van der Waals surface area (Å²) in [4.78, 5) is 63.5. The number of aliphatic hydroxyl groups is 1. The second-order valence-electron chi connectivity index (χ2n) is 12.8. The van der Waals surface area contributed by atoms with Crippen molar-refractivity contribution in [1.82, 2.24) is 0 Å². The highest BCUT2D eigenvalue weighted by molar-refractivity contribution is 6.23. The van der Waals surface area contributed by atoms with Gasteiger partial charge in [-0.2, -0.15) is 0 Å². The Kier molecular flexibility index (Phi) is 9.59. The summed E-state index contributed by atoms with van der Waals surface area (Å²) in [7, 11) is 0. The fourth-order valence-electron chi connectivity index (χ4n) is 7.02. The molecule has 13 heteroatoms. The molecule has 10 atom stereocenters. The van der Waals surface area contributed by atoms with Crippen LogP contribution in [0.3, 0.4) is 0 Å². The van der Waals surface area contributed by atoms with Crippen molar-refractivity contribution in [3.05, 3.63) is 24.3 Å². The molecule has 4 aliphatic rings. The van der Waals surface area contributed by atoms with Gasteiger partial charge in [0.15, 0.2) is 18.3 Å². The number of fused-ring (bicyclic) bond motifs is 3. The minimum atomic E-state index is -2.20. The van der Waals surface area contributed by atoms with E-state index in [-0.39, 0.29) is 30.9 Å². The van der Waals surface area contributed by atoms with Crippen molar-refractivity contribution in [3.63, 3.8) is 0 Å². The molecular weight excluding hydrogens is 600 g/mol. The number of alkyl halides is 1. The molecule has 3 fully saturated rings. The molecule has 4 rings (SSSR count). The molecule has 2 saturated heterocycles. The van der Waals surface area contributed by atoms with E-state index in [1.165, 1.54) is 26.0 Å². The SMILES string of the molecule is C=C1/C=C/[C@H](OC(=O)COC(=O)CC(C)C)[C@@]2(C)[C@@H](OC(C)=O)CC[C@]3(CO3)[C@@H]2[C@H](OC(C)=O)[C@]2(O)[C@@H](C)C(=O)O[C@H]2[C@H]1Cl. The first-order chi connectivity index (χ1) is 20.5. The standard InChI is InChI=1S/C31H41ClO12/c1-15(2)12-22(35)39-13-23(36)43-20-9-8-16(3)24(32)26-31(38,17(4)28(37)44-26)27(42-19(6)34)25-29(20,7)21(41-18(5)33)10-11-30(25)14-40-30/h8-9,15,17,20-21,24-27,38H,3,10-14H2,1-2,4-7H3/b9-8+/t17-,20-,21-,24-,25+,26-,27-,29-,30-,31-/m0/s1. The van der Waals surface area contributed by atoms with Crippen LogP contribution in [0.15, 0.2) is 24.3 Å². The molecule has 12 nitrogen and oxygen atoms in total. The lowest BCUT2D eigenvalue weighted by Crippen LogP contribution is -2.70. The van der Waals surface area contributed by atoms with Gasteiger partial charge in [0.2, 0.25) is 0 Å². The van der Waals surface area contributed by atoms with Gasteiger partial charge in [-0.15, -0.1) is 11.6 Å². The molecule has 0 amide bonds. The third-order valence-corrected chi connectivity index (χ3v) is 9.79. The molecule has 0 bridgehead atoms. The van der Waals surface area contributed by atoms with Gasteiger partial charge >= 0.3 is 29.8 Å². The van der Waals surface area contributed by atoms with Crippen LogP contribution in [0.2, 0.25) is 0 Å². The van der Waals surface area contributed by atoms with Crippen molar-refractivity contribution >= 4 is 41.4 Å². The molecule has 1 spiro atoms. The van der Waals surface area contributed by atoms with Gasteiger partial charge in [-0.3, -0.25) is 19.2 Å². The Morgan fingerprint density at radius 2 is 1.77 bits per heavy atom. The summed E-state index contributed by atoms with van der Waals surface area (Å²) >= 11 is 6.77. The van der Waals surface area contributed by atoms with Gasteiger partial charge in [0, 0.05) is 26.2 Å². The molecule has 0 unspecified atom stereocenters. The molecule has 0 radical (unpaired) electrons. The van der Waals surface area contributed by atoms with Crippen LogP contribution in [0.1, 0.15) is 60.8 Å². The predicted molar refractivity (Wildman–Crippen MR) is 153 cm³/mol. The molecule has 0 aromatic heterocycles.